The van der Waals surface area contributed by atoms with E-state index in [0.29, 0.717) is 5.38 Å². The fourth-order valence-electron chi connectivity index (χ4n) is 1.67. The van der Waals surface area contributed by atoms with Gasteiger partial charge in [-0.3, -0.25) is 0 Å². The van der Waals surface area contributed by atoms with E-state index in [9.17, 15) is 0 Å². The van der Waals surface area contributed by atoms with Crippen LogP contribution in [0.5, 0.6) is 0 Å². The number of aryl methyl sites for hydroxylation is 1. The standard InChI is InChI=1S/C11H18ClN3/c12-11(10-2-3-10)8-13-4-1-6-15-7-5-14-9-15/h5,7,9-11,13H,1-4,6,8H2. The number of nitrogens with zero attached hydrogens (tertiary/aromatic N) is 2. The molecule has 0 spiro atoms. The molecule has 0 aromatic carbocycles. The lowest BCUT2D eigenvalue weighted by Crippen LogP contribution is -2.26. The van der Waals surface area contributed by atoms with Crippen LogP contribution in [-0.4, -0.2) is 28.0 Å². The van der Waals surface area contributed by atoms with Crippen LogP contribution in [0.15, 0.2) is 18.7 Å². The lowest BCUT2D eigenvalue weighted by atomic mass is 10.3. The summed E-state index contributed by atoms with van der Waals surface area (Å²) in [6, 6.07) is 0. The van der Waals surface area contributed by atoms with Crippen LogP contribution in [0.3, 0.4) is 0 Å². The highest BCUT2D eigenvalue weighted by atomic mass is 35.5. The molecule has 1 heterocycles. The van der Waals surface area contributed by atoms with E-state index in [4.69, 9.17) is 11.6 Å². The molecule has 1 N–H and O–H groups in total. The van der Waals surface area contributed by atoms with Crippen molar-refractivity contribution in [3.8, 4) is 0 Å². The predicted octanol–water partition coefficient (Wildman–Crippen LogP) is 1.88. The number of alkyl halides is 1. The van der Waals surface area contributed by atoms with Gasteiger partial charge in [-0.1, -0.05) is 0 Å². The fourth-order valence-corrected chi connectivity index (χ4v) is 2.03. The number of rotatable bonds is 7. The van der Waals surface area contributed by atoms with Gasteiger partial charge in [0.25, 0.3) is 0 Å². The molecule has 0 amide bonds. The van der Waals surface area contributed by atoms with Crippen LogP contribution in [0, 0.1) is 5.92 Å². The summed E-state index contributed by atoms with van der Waals surface area (Å²) in [6.45, 7) is 3.02. The van der Waals surface area contributed by atoms with Gasteiger partial charge in [-0.2, -0.15) is 0 Å². The molecule has 84 valence electrons. The summed E-state index contributed by atoms with van der Waals surface area (Å²) in [5, 5.41) is 3.75. The number of aromatic nitrogens is 2. The predicted molar refractivity (Wildman–Crippen MR) is 62.1 cm³/mol. The second kappa shape index (κ2) is 5.52. The Labute approximate surface area is 95.8 Å². The highest BCUT2D eigenvalue weighted by molar-refractivity contribution is 6.21. The average molecular weight is 228 g/mol. The molecule has 0 saturated heterocycles. The van der Waals surface area contributed by atoms with Crippen molar-refractivity contribution >= 4 is 11.6 Å². The highest BCUT2D eigenvalue weighted by Crippen LogP contribution is 2.35. The molecule has 1 aliphatic rings. The average Bonchev–Trinajstić information content (AvgIpc) is 2.97. The molecular weight excluding hydrogens is 210 g/mol. The Kier molecular flexibility index (Phi) is 4.03. The van der Waals surface area contributed by atoms with E-state index in [1.165, 1.54) is 12.8 Å². The van der Waals surface area contributed by atoms with E-state index < -0.39 is 0 Å². The lowest BCUT2D eigenvalue weighted by Gasteiger charge is -2.09. The first-order valence-corrected chi connectivity index (χ1v) is 6.10. The van der Waals surface area contributed by atoms with Crippen LogP contribution in [0.2, 0.25) is 0 Å². The summed E-state index contributed by atoms with van der Waals surface area (Å²) in [4.78, 5) is 4.00. The number of hydrogen-bond donors (Lipinski definition) is 1. The van der Waals surface area contributed by atoms with Crippen molar-refractivity contribution < 1.29 is 0 Å². The molecule has 1 fully saturated rings. The number of imidazole rings is 1. The third kappa shape index (κ3) is 3.84. The Hall–Kier alpha value is -0.540. The van der Waals surface area contributed by atoms with Crippen LogP contribution < -0.4 is 5.32 Å². The van der Waals surface area contributed by atoms with Crippen LogP contribution in [0.25, 0.3) is 0 Å². The summed E-state index contributed by atoms with van der Waals surface area (Å²) >= 11 is 6.18. The molecule has 4 heteroatoms. The van der Waals surface area contributed by atoms with Crippen LogP contribution in [-0.2, 0) is 6.54 Å². The van der Waals surface area contributed by atoms with Gasteiger partial charge in [0.2, 0.25) is 0 Å². The minimum absolute atomic E-state index is 0.346. The monoisotopic (exact) mass is 227 g/mol. The SMILES string of the molecule is ClC(CNCCCn1ccnc1)C1CC1. The fraction of sp³-hybridized carbons (Fsp3) is 0.727. The molecule has 2 rings (SSSR count). The van der Waals surface area contributed by atoms with E-state index in [-0.39, 0.29) is 0 Å². The summed E-state index contributed by atoms with van der Waals surface area (Å²) in [5.74, 6) is 0.785. The zero-order valence-corrected chi connectivity index (χ0v) is 9.66. The molecule has 1 unspecified atom stereocenters. The molecule has 1 saturated carbocycles. The molecule has 15 heavy (non-hydrogen) atoms. The van der Waals surface area contributed by atoms with Crippen molar-refractivity contribution in [1.29, 1.82) is 0 Å². The first-order chi connectivity index (χ1) is 7.36. The Balaban J connectivity index is 1.48. The minimum atomic E-state index is 0.346. The zero-order chi connectivity index (χ0) is 10.5. The van der Waals surface area contributed by atoms with Crippen LogP contribution >= 0.6 is 11.6 Å². The second-order valence-electron chi connectivity index (χ2n) is 4.21. The molecule has 3 nitrogen and oxygen atoms in total. The molecule has 1 aromatic heterocycles. The van der Waals surface area contributed by atoms with Gasteiger partial charge in [0, 0.05) is 30.9 Å². The van der Waals surface area contributed by atoms with Gasteiger partial charge >= 0.3 is 0 Å². The molecule has 0 aliphatic heterocycles. The number of nitrogens with one attached hydrogen (secondary N) is 1. The Morgan fingerprint density at radius 2 is 2.40 bits per heavy atom. The summed E-state index contributed by atoms with van der Waals surface area (Å²) in [7, 11) is 0. The largest absolute Gasteiger partial charge is 0.337 e. The summed E-state index contributed by atoms with van der Waals surface area (Å²) < 4.78 is 2.10. The normalized spacial score (nSPS) is 17.9. The van der Waals surface area contributed by atoms with Crippen molar-refractivity contribution in [2.24, 2.45) is 5.92 Å². The Morgan fingerprint density at radius 1 is 1.53 bits per heavy atom. The van der Waals surface area contributed by atoms with Gasteiger partial charge in [0.15, 0.2) is 0 Å². The van der Waals surface area contributed by atoms with Gasteiger partial charge in [-0.05, 0) is 31.7 Å². The third-order valence-corrected chi connectivity index (χ3v) is 3.31. The molecule has 1 aromatic rings. The molecule has 0 bridgehead atoms. The van der Waals surface area contributed by atoms with Gasteiger partial charge in [-0.25, -0.2) is 4.98 Å². The molecule has 1 atom stereocenters. The zero-order valence-electron chi connectivity index (χ0n) is 8.90. The maximum absolute atomic E-state index is 6.18. The highest BCUT2D eigenvalue weighted by Gasteiger charge is 2.28. The molecule has 0 radical (unpaired) electrons. The molecule has 1 aliphatic carbocycles. The third-order valence-electron chi connectivity index (χ3n) is 2.80. The Morgan fingerprint density at radius 3 is 3.07 bits per heavy atom. The number of hydrogen-bond acceptors (Lipinski definition) is 2. The number of halogens is 1. The van der Waals surface area contributed by atoms with E-state index in [0.717, 1.165) is 32.0 Å². The van der Waals surface area contributed by atoms with Crippen molar-refractivity contribution in [2.45, 2.75) is 31.2 Å². The minimum Gasteiger partial charge on any atom is -0.337 e. The Bertz CT molecular complexity index is 269. The smallest absolute Gasteiger partial charge is 0.0945 e. The van der Waals surface area contributed by atoms with E-state index >= 15 is 0 Å². The van der Waals surface area contributed by atoms with Crippen molar-refractivity contribution in [3.05, 3.63) is 18.7 Å². The first-order valence-electron chi connectivity index (χ1n) is 5.67. The van der Waals surface area contributed by atoms with E-state index in [1.807, 2.05) is 18.7 Å². The van der Waals surface area contributed by atoms with Crippen molar-refractivity contribution in [1.82, 2.24) is 14.9 Å². The van der Waals surface area contributed by atoms with Gasteiger partial charge in [0.1, 0.15) is 0 Å². The van der Waals surface area contributed by atoms with Gasteiger partial charge < -0.3 is 9.88 Å². The second-order valence-corrected chi connectivity index (χ2v) is 4.77. The summed E-state index contributed by atoms with van der Waals surface area (Å²) in [5.41, 5.74) is 0. The van der Waals surface area contributed by atoms with Crippen molar-refractivity contribution in [2.75, 3.05) is 13.1 Å². The molecular formula is C11H18ClN3. The van der Waals surface area contributed by atoms with Crippen molar-refractivity contribution in [3.63, 3.8) is 0 Å². The maximum Gasteiger partial charge on any atom is 0.0945 e. The van der Waals surface area contributed by atoms with Gasteiger partial charge in [0.05, 0.1) is 6.33 Å². The quantitative estimate of drug-likeness (QED) is 0.570. The lowest BCUT2D eigenvalue weighted by molar-refractivity contribution is 0.561. The van der Waals surface area contributed by atoms with Gasteiger partial charge in [-0.15, -0.1) is 11.6 Å². The first kappa shape index (κ1) is 11.0. The van der Waals surface area contributed by atoms with E-state index in [2.05, 4.69) is 14.9 Å². The van der Waals surface area contributed by atoms with E-state index in [1.54, 1.807) is 0 Å². The maximum atomic E-state index is 6.18. The summed E-state index contributed by atoms with van der Waals surface area (Å²) in [6.07, 6.45) is 9.44. The topological polar surface area (TPSA) is 29.9 Å². The van der Waals surface area contributed by atoms with Crippen LogP contribution in [0.4, 0.5) is 0 Å². The van der Waals surface area contributed by atoms with Crippen LogP contribution in [0.1, 0.15) is 19.3 Å².